The van der Waals surface area contributed by atoms with Crippen molar-refractivity contribution in [3.8, 4) is 0 Å². The number of nitrogens with zero attached hydrogens (tertiary/aromatic N) is 2. The number of benzene rings is 1. The highest BCUT2D eigenvalue weighted by Crippen LogP contribution is 2.36. The molecule has 25 heavy (non-hydrogen) atoms. The van der Waals surface area contributed by atoms with Gasteiger partial charge in [0.2, 0.25) is 11.8 Å². The van der Waals surface area contributed by atoms with E-state index in [0.717, 1.165) is 5.69 Å². The topological polar surface area (TPSA) is 62.3 Å². The van der Waals surface area contributed by atoms with Gasteiger partial charge in [-0.1, -0.05) is 18.2 Å². The number of hydrogen-bond donors (Lipinski definition) is 1. The van der Waals surface area contributed by atoms with Gasteiger partial charge in [0, 0.05) is 19.2 Å². The Labute approximate surface area is 145 Å². The molecule has 2 aromatic rings. The summed E-state index contributed by atoms with van der Waals surface area (Å²) in [6, 6.07) is 11.0. The zero-order chi connectivity index (χ0) is 18.0. The van der Waals surface area contributed by atoms with Crippen LogP contribution in [0.2, 0.25) is 0 Å². The lowest BCUT2D eigenvalue weighted by molar-refractivity contribution is -0.140. The molecule has 0 spiro atoms. The lowest BCUT2D eigenvalue weighted by Gasteiger charge is -2.38. The molecule has 3 rings (SSSR count). The SMILES string of the molecule is Cc1cccc(NC(=O)[C@H]2CCC(=O)N(C)[C@H]2c2cccc(F)c2)n1. The molecule has 0 saturated carbocycles. The number of aromatic nitrogens is 1. The predicted octanol–water partition coefficient (Wildman–Crippen LogP) is 3.08. The number of halogens is 1. The van der Waals surface area contributed by atoms with Crippen LogP contribution in [0, 0.1) is 18.7 Å². The molecule has 5 nitrogen and oxygen atoms in total. The molecule has 0 bridgehead atoms. The molecule has 0 unspecified atom stereocenters. The Morgan fingerprint density at radius 3 is 2.76 bits per heavy atom. The summed E-state index contributed by atoms with van der Waals surface area (Å²) >= 11 is 0. The maximum atomic E-state index is 13.7. The third-order valence-electron chi connectivity index (χ3n) is 4.53. The van der Waals surface area contributed by atoms with Gasteiger partial charge in [-0.25, -0.2) is 9.37 Å². The van der Waals surface area contributed by atoms with Crippen LogP contribution < -0.4 is 5.32 Å². The first-order chi connectivity index (χ1) is 12.0. The van der Waals surface area contributed by atoms with Gasteiger partial charge in [0.1, 0.15) is 11.6 Å². The van der Waals surface area contributed by atoms with Gasteiger partial charge in [-0.05, 0) is 43.2 Å². The van der Waals surface area contributed by atoms with Gasteiger partial charge >= 0.3 is 0 Å². The number of amides is 2. The molecule has 2 amide bonds. The second kappa shape index (κ2) is 7.01. The number of pyridine rings is 1. The van der Waals surface area contributed by atoms with Gasteiger partial charge in [-0.15, -0.1) is 0 Å². The maximum Gasteiger partial charge on any atom is 0.231 e. The first kappa shape index (κ1) is 17.1. The van der Waals surface area contributed by atoms with Crippen molar-refractivity contribution >= 4 is 17.6 Å². The number of likely N-dealkylation sites (tertiary alicyclic amines) is 1. The van der Waals surface area contributed by atoms with Crippen molar-refractivity contribution in [1.29, 1.82) is 0 Å². The molecule has 0 aliphatic carbocycles. The van der Waals surface area contributed by atoms with Crippen LogP contribution >= 0.6 is 0 Å². The number of carbonyl (C=O) groups excluding carboxylic acids is 2. The average Bonchev–Trinajstić information content (AvgIpc) is 2.57. The molecule has 1 aromatic carbocycles. The van der Waals surface area contributed by atoms with Crippen molar-refractivity contribution in [3.05, 3.63) is 59.5 Å². The largest absolute Gasteiger partial charge is 0.338 e. The summed E-state index contributed by atoms with van der Waals surface area (Å²) < 4.78 is 13.7. The Bertz CT molecular complexity index is 809. The van der Waals surface area contributed by atoms with Crippen molar-refractivity contribution in [3.63, 3.8) is 0 Å². The number of aryl methyl sites for hydroxylation is 1. The van der Waals surface area contributed by atoms with Gasteiger partial charge < -0.3 is 10.2 Å². The van der Waals surface area contributed by atoms with E-state index in [-0.39, 0.29) is 17.6 Å². The predicted molar refractivity (Wildman–Crippen MR) is 92.2 cm³/mol. The normalized spacial score (nSPS) is 20.4. The quantitative estimate of drug-likeness (QED) is 0.933. The van der Waals surface area contributed by atoms with E-state index in [0.29, 0.717) is 24.2 Å². The number of carbonyl (C=O) groups is 2. The van der Waals surface area contributed by atoms with Gasteiger partial charge in [0.05, 0.1) is 12.0 Å². The lowest BCUT2D eigenvalue weighted by Crippen LogP contribution is -2.44. The minimum atomic E-state index is -0.498. The highest BCUT2D eigenvalue weighted by atomic mass is 19.1. The molecular formula is C19H20FN3O2. The lowest BCUT2D eigenvalue weighted by atomic mass is 9.84. The summed E-state index contributed by atoms with van der Waals surface area (Å²) in [5, 5.41) is 2.82. The minimum absolute atomic E-state index is 0.0491. The van der Waals surface area contributed by atoms with Crippen LogP contribution in [0.3, 0.4) is 0 Å². The first-order valence-electron chi connectivity index (χ1n) is 8.21. The van der Waals surface area contributed by atoms with Crippen LogP contribution in [0.15, 0.2) is 42.5 Å². The van der Waals surface area contributed by atoms with Crippen molar-refractivity contribution in [2.45, 2.75) is 25.8 Å². The van der Waals surface area contributed by atoms with E-state index in [1.54, 1.807) is 25.2 Å². The molecule has 6 heteroatoms. The highest BCUT2D eigenvalue weighted by Gasteiger charge is 2.39. The fourth-order valence-electron chi connectivity index (χ4n) is 3.29. The second-order valence-corrected chi connectivity index (χ2v) is 6.30. The van der Waals surface area contributed by atoms with Crippen molar-refractivity contribution < 1.29 is 14.0 Å². The van der Waals surface area contributed by atoms with Crippen LogP contribution in [0.1, 0.15) is 30.1 Å². The van der Waals surface area contributed by atoms with E-state index in [9.17, 15) is 14.0 Å². The number of rotatable bonds is 3. The van der Waals surface area contributed by atoms with Crippen LogP contribution in [-0.4, -0.2) is 28.7 Å². The number of hydrogen-bond acceptors (Lipinski definition) is 3. The number of nitrogens with one attached hydrogen (secondary N) is 1. The van der Waals surface area contributed by atoms with Gasteiger partial charge in [-0.2, -0.15) is 0 Å². The second-order valence-electron chi connectivity index (χ2n) is 6.30. The summed E-state index contributed by atoms with van der Waals surface area (Å²) in [5.74, 6) is -0.642. The Kier molecular flexibility index (Phi) is 4.79. The molecule has 1 fully saturated rings. The molecule has 1 aliphatic heterocycles. The van der Waals surface area contributed by atoms with Gasteiger partial charge in [0.15, 0.2) is 0 Å². The van der Waals surface area contributed by atoms with Crippen LogP contribution in [0.4, 0.5) is 10.2 Å². The van der Waals surface area contributed by atoms with Gasteiger partial charge in [0.25, 0.3) is 0 Å². The average molecular weight is 341 g/mol. The summed E-state index contributed by atoms with van der Waals surface area (Å²) in [6.45, 7) is 1.85. The van der Waals surface area contributed by atoms with Crippen molar-refractivity contribution in [1.82, 2.24) is 9.88 Å². The fraction of sp³-hybridized carbons (Fsp3) is 0.316. The van der Waals surface area contributed by atoms with Crippen molar-refractivity contribution in [2.75, 3.05) is 12.4 Å². The third kappa shape index (κ3) is 3.68. The Morgan fingerprint density at radius 2 is 2.04 bits per heavy atom. The monoisotopic (exact) mass is 341 g/mol. The summed E-state index contributed by atoms with van der Waals surface area (Å²) in [4.78, 5) is 30.8. The van der Waals surface area contributed by atoms with E-state index >= 15 is 0 Å². The van der Waals surface area contributed by atoms with Crippen LogP contribution in [-0.2, 0) is 9.59 Å². The first-order valence-corrected chi connectivity index (χ1v) is 8.21. The molecule has 1 saturated heterocycles. The van der Waals surface area contributed by atoms with Crippen LogP contribution in [0.5, 0.6) is 0 Å². The third-order valence-corrected chi connectivity index (χ3v) is 4.53. The molecule has 2 atom stereocenters. The Balaban J connectivity index is 1.89. The molecule has 1 aliphatic rings. The van der Waals surface area contributed by atoms with Gasteiger partial charge in [-0.3, -0.25) is 9.59 Å². The van der Waals surface area contributed by atoms with E-state index in [2.05, 4.69) is 10.3 Å². The molecule has 1 N–H and O–H groups in total. The number of piperidine rings is 1. The van der Waals surface area contributed by atoms with Crippen LogP contribution in [0.25, 0.3) is 0 Å². The van der Waals surface area contributed by atoms with E-state index < -0.39 is 12.0 Å². The standard InChI is InChI=1S/C19H20FN3O2/c1-12-5-3-8-16(21-12)22-19(25)15-9-10-17(24)23(2)18(15)13-6-4-7-14(20)11-13/h3-8,11,15,18H,9-10H2,1-2H3,(H,21,22,25)/t15-,18-/m0/s1. The Hall–Kier alpha value is -2.76. The smallest absolute Gasteiger partial charge is 0.231 e. The number of anilines is 1. The molecule has 1 aromatic heterocycles. The fourth-order valence-corrected chi connectivity index (χ4v) is 3.29. The van der Waals surface area contributed by atoms with Crippen molar-refractivity contribution in [2.24, 2.45) is 5.92 Å². The molecule has 2 heterocycles. The van der Waals surface area contributed by atoms with E-state index in [4.69, 9.17) is 0 Å². The zero-order valence-corrected chi connectivity index (χ0v) is 14.2. The summed E-state index contributed by atoms with van der Waals surface area (Å²) in [5.41, 5.74) is 1.42. The summed E-state index contributed by atoms with van der Waals surface area (Å²) in [7, 11) is 1.66. The summed E-state index contributed by atoms with van der Waals surface area (Å²) in [6.07, 6.45) is 0.712. The zero-order valence-electron chi connectivity index (χ0n) is 14.2. The highest BCUT2D eigenvalue weighted by molar-refractivity contribution is 5.94. The molecular weight excluding hydrogens is 321 g/mol. The molecule has 130 valence electrons. The minimum Gasteiger partial charge on any atom is -0.338 e. The molecule has 0 radical (unpaired) electrons. The Morgan fingerprint density at radius 1 is 1.28 bits per heavy atom. The van der Waals surface area contributed by atoms with E-state index in [1.165, 1.54) is 17.0 Å². The van der Waals surface area contributed by atoms with E-state index in [1.807, 2.05) is 19.1 Å². The maximum absolute atomic E-state index is 13.7.